The van der Waals surface area contributed by atoms with Crippen LogP contribution in [0.1, 0.15) is 0 Å². The Morgan fingerprint density at radius 1 is 1.11 bits per heavy atom. The molecule has 0 aliphatic carbocycles. The second kappa shape index (κ2) is 7.26. The molecule has 1 aliphatic heterocycles. The van der Waals surface area contributed by atoms with E-state index in [0.29, 0.717) is 11.4 Å². The van der Waals surface area contributed by atoms with Gasteiger partial charge in [-0.05, 0) is 12.1 Å². The van der Waals surface area contributed by atoms with Crippen molar-refractivity contribution in [1.29, 1.82) is 0 Å². The third-order valence-corrected chi connectivity index (χ3v) is 4.44. The van der Waals surface area contributed by atoms with Gasteiger partial charge in [0.25, 0.3) is 0 Å². The molecule has 6 nitrogen and oxygen atoms in total. The van der Waals surface area contributed by atoms with E-state index in [1.807, 2.05) is 6.07 Å². The van der Waals surface area contributed by atoms with E-state index in [0.717, 1.165) is 10.5 Å². The minimum atomic E-state index is -4.69. The van der Waals surface area contributed by atoms with E-state index in [4.69, 9.17) is 5.11 Å². The van der Waals surface area contributed by atoms with E-state index in [2.05, 4.69) is 10.3 Å². The van der Waals surface area contributed by atoms with Gasteiger partial charge in [-0.2, -0.15) is 13.2 Å². The normalized spacial score (nSPS) is 19.7. The summed E-state index contributed by atoms with van der Waals surface area (Å²) in [7, 11) is 0. The number of hydrogen-bond acceptors (Lipinski definition) is 3. The molecule has 142 valence electrons. The molecular formula is C18H16F3N3O3. The minimum Gasteiger partial charge on any atom is -0.481 e. The van der Waals surface area contributed by atoms with Crippen molar-refractivity contribution in [1.82, 2.24) is 9.88 Å². The summed E-state index contributed by atoms with van der Waals surface area (Å²) in [5.74, 6) is -5.35. The van der Waals surface area contributed by atoms with Crippen LogP contribution in [0.3, 0.4) is 0 Å². The van der Waals surface area contributed by atoms with Crippen LogP contribution >= 0.6 is 0 Å². The maximum atomic E-state index is 13.1. The molecule has 3 rings (SSSR count). The third-order valence-electron chi connectivity index (χ3n) is 4.44. The Morgan fingerprint density at radius 3 is 2.41 bits per heavy atom. The number of halogens is 3. The van der Waals surface area contributed by atoms with Gasteiger partial charge in [-0.15, -0.1) is 0 Å². The monoisotopic (exact) mass is 379 g/mol. The van der Waals surface area contributed by atoms with Crippen LogP contribution in [0.25, 0.3) is 11.3 Å². The molecule has 9 heteroatoms. The largest absolute Gasteiger partial charge is 0.481 e. The molecule has 0 radical (unpaired) electrons. The third kappa shape index (κ3) is 4.02. The lowest BCUT2D eigenvalue weighted by atomic mass is 9.96. The van der Waals surface area contributed by atoms with Gasteiger partial charge in [0.1, 0.15) is 0 Å². The number of rotatable bonds is 3. The van der Waals surface area contributed by atoms with Crippen molar-refractivity contribution in [2.24, 2.45) is 11.8 Å². The highest BCUT2D eigenvalue weighted by atomic mass is 19.4. The molecule has 1 aromatic carbocycles. The molecule has 0 unspecified atom stereocenters. The number of carbonyl (C=O) groups excluding carboxylic acids is 1. The van der Waals surface area contributed by atoms with Crippen molar-refractivity contribution in [3.63, 3.8) is 0 Å². The SMILES string of the molecule is O=C(O)[C@@H]1CN(C(=O)Nc2cccnc2-c2ccccc2)C[C@H]1C(F)(F)F. The summed E-state index contributed by atoms with van der Waals surface area (Å²) >= 11 is 0. The Balaban J connectivity index is 1.80. The van der Waals surface area contributed by atoms with Gasteiger partial charge < -0.3 is 15.3 Å². The van der Waals surface area contributed by atoms with Gasteiger partial charge in [0, 0.05) is 24.8 Å². The van der Waals surface area contributed by atoms with Crippen LogP contribution in [-0.4, -0.2) is 46.3 Å². The van der Waals surface area contributed by atoms with Crippen LogP contribution in [0.4, 0.5) is 23.7 Å². The molecule has 2 atom stereocenters. The predicted molar refractivity (Wildman–Crippen MR) is 90.9 cm³/mol. The second-order valence-electron chi connectivity index (χ2n) is 6.19. The van der Waals surface area contributed by atoms with Crippen molar-refractivity contribution >= 4 is 17.7 Å². The lowest BCUT2D eigenvalue weighted by molar-refractivity contribution is -0.187. The Morgan fingerprint density at radius 2 is 1.81 bits per heavy atom. The molecule has 1 saturated heterocycles. The van der Waals surface area contributed by atoms with Crippen molar-refractivity contribution < 1.29 is 27.9 Å². The van der Waals surface area contributed by atoms with E-state index >= 15 is 0 Å². The first-order chi connectivity index (χ1) is 12.8. The van der Waals surface area contributed by atoms with Crippen LogP contribution in [0.2, 0.25) is 0 Å². The fourth-order valence-electron chi connectivity index (χ4n) is 3.08. The highest BCUT2D eigenvalue weighted by Gasteiger charge is 2.53. The summed E-state index contributed by atoms with van der Waals surface area (Å²) in [6.45, 7) is -1.21. The fraction of sp³-hybridized carbons (Fsp3) is 0.278. The maximum Gasteiger partial charge on any atom is 0.394 e. The Labute approximate surface area is 152 Å². The van der Waals surface area contributed by atoms with Gasteiger partial charge in [-0.3, -0.25) is 9.78 Å². The molecule has 0 spiro atoms. The Hall–Kier alpha value is -3.10. The van der Waals surface area contributed by atoms with Crippen molar-refractivity contribution in [2.45, 2.75) is 6.18 Å². The summed E-state index contributed by atoms with van der Waals surface area (Å²) in [6.07, 6.45) is -3.16. The molecular weight excluding hydrogens is 363 g/mol. The summed E-state index contributed by atoms with van der Waals surface area (Å²) in [5.41, 5.74) is 1.52. The zero-order chi connectivity index (χ0) is 19.6. The number of urea groups is 1. The lowest BCUT2D eigenvalue weighted by Crippen LogP contribution is -2.35. The van der Waals surface area contributed by atoms with E-state index in [-0.39, 0.29) is 0 Å². The zero-order valence-electron chi connectivity index (χ0n) is 14.0. The number of aliphatic carboxylic acids is 1. The molecule has 1 aliphatic rings. The molecule has 2 aromatic rings. The summed E-state index contributed by atoms with van der Waals surface area (Å²) in [5, 5.41) is 11.6. The number of carboxylic acids is 1. The van der Waals surface area contributed by atoms with Gasteiger partial charge in [0.2, 0.25) is 0 Å². The maximum absolute atomic E-state index is 13.1. The van der Waals surface area contributed by atoms with Crippen molar-refractivity contribution in [3.05, 3.63) is 48.7 Å². The molecule has 1 aromatic heterocycles. The number of benzene rings is 1. The van der Waals surface area contributed by atoms with Crippen LogP contribution < -0.4 is 5.32 Å². The van der Waals surface area contributed by atoms with Gasteiger partial charge in [-0.25, -0.2) is 4.79 Å². The molecule has 2 amide bonds. The number of nitrogens with zero attached hydrogens (tertiary/aromatic N) is 2. The quantitative estimate of drug-likeness (QED) is 0.856. The number of amides is 2. The van der Waals surface area contributed by atoms with E-state index in [1.165, 1.54) is 6.20 Å². The van der Waals surface area contributed by atoms with Crippen molar-refractivity contribution in [2.75, 3.05) is 18.4 Å². The second-order valence-corrected chi connectivity index (χ2v) is 6.19. The highest BCUT2D eigenvalue weighted by molar-refractivity contribution is 5.94. The van der Waals surface area contributed by atoms with Crippen molar-refractivity contribution in [3.8, 4) is 11.3 Å². The molecule has 0 saturated carbocycles. The topological polar surface area (TPSA) is 82.5 Å². The number of alkyl halides is 3. The molecule has 2 heterocycles. The van der Waals surface area contributed by atoms with Crippen LogP contribution in [0.5, 0.6) is 0 Å². The first-order valence-electron chi connectivity index (χ1n) is 8.13. The summed E-state index contributed by atoms with van der Waals surface area (Å²) in [6, 6.07) is 11.4. The van der Waals surface area contributed by atoms with Gasteiger partial charge in [0.05, 0.1) is 23.2 Å². The van der Waals surface area contributed by atoms with Gasteiger partial charge >= 0.3 is 18.2 Å². The van der Waals surface area contributed by atoms with E-state index < -0.39 is 43.1 Å². The van der Waals surface area contributed by atoms with E-state index in [9.17, 15) is 22.8 Å². The van der Waals surface area contributed by atoms with E-state index in [1.54, 1.807) is 36.4 Å². The lowest BCUT2D eigenvalue weighted by Gasteiger charge is -2.19. The minimum absolute atomic E-state index is 0.330. The molecule has 1 fully saturated rings. The number of nitrogens with one attached hydrogen (secondary N) is 1. The summed E-state index contributed by atoms with van der Waals surface area (Å²) < 4.78 is 39.3. The molecule has 2 N–H and O–H groups in total. The average molecular weight is 379 g/mol. The van der Waals surface area contributed by atoms with Crippen LogP contribution in [0.15, 0.2) is 48.7 Å². The average Bonchev–Trinajstić information content (AvgIpc) is 3.09. The van der Waals surface area contributed by atoms with Crippen LogP contribution in [0, 0.1) is 11.8 Å². The predicted octanol–water partition coefficient (Wildman–Crippen LogP) is 3.48. The van der Waals surface area contributed by atoms with Gasteiger partial charge in [-0.1, -0.05) is 30.3 Å². The Bertz CT molecular complexity index is 842. The zero-order valence-corrected chi connectivity index (χ0v) is 14.0. The molecule has 0 bridgehead atoms. The number of carbonyl (C=O) groups is 2. The number of anilines is 1. The fourth-order valence-corrected chi connectivity index (χ4v) is 3.08. The van der Waals surface area contributed by atoms with Crippen LogP contribution in [-0.2, 0) is 4.79 Å². The summed E-state index contributed by atoms with van der Waals surface area (Å²) in [4.78, 5) is 28.7. The first-order valence-corrected chi connectivity index (χ1v) is 8.13. The standard InChI is InChI=1S/C18H16F3N3O3/c19-18(20,21)13-10-24(9-12(13)16(25)26)17(27)23-14-7-4-8-22-15(14)11-5-2-1-3-6-11/h1-8,12-13H,9-10H2,(H,23,27)(H,25,26)/t12-,13-/m1/s1. The number of likely N-dealkylation sites (tertiary alicyclic amines) is 1. The molecule has 27 heavy (non-hydrogen) atoms. The highest BCUT2D eigenvalue weighted by Crippen LogP contribution is 2.38. The first kappa shape index (κ1) is 18.7. The number of pyridine rings is 1. The Kier molecular flexibility index (Phi) is 5.02. The number of aromatic nitrogens is 1. The number of hydrogen-bond donors (Lipinski definition) is 2. The number of carboxylic acid groups (broad SMARTS) is 1. The van der Waals surface area contributed by atoms with Gasteiger partial charge in [0.15, 0.2) is 0 Å². The smallest absolute Gasteiger partial charge is 0.394 e.